The molecule has 1 aliphatic rings. The Kier molecular flexibility index (Phi) is 7.67. The van der Waals surface area contributed by atoms with Crippen LogP contribution in [-0.4, -0.2) is 47.4 Å². The fourth-order valence-electron chi connectivity index (χ4n) is 2.19. The van der Waals surface area contributed by atoms with Crippen LogP contribution in [0.4, 0.5) is 4.79 Å². The number of rotatable bonds is 7. The minimum Gasteiger partial charge on any atom is -0.354 e. The second kappa shape index (κ2) is 8.19. The van der Waals surface area contributed by atoms with Crippen LogP contribution < -0.4 is 16.4 Å². The first-order valence-electron chi connectivity index (χ1n) is 7.02. The molecule has 4 N–H and O–H groups in total. The van der Waals surface area contributed by atoms with Gasteiger partial charge in [-0.3, -0.25) is 14.5 Å². The molecule has 0 radical (unpaired) electrons. The Morgan fingerprint density at radius 1 is 1.38 bits per heavy atom. The number of carbonyl (C=O) groups is 3. The molecule has 0 saturated carbocycles. The van der Waals surface area contributed by atoms with Crippen LogP contribution in [0.25, 0.3) is 0 Å². The monoisotopic (exact) mass is 320 g/mol. The highest BCUT2D eigenvalue weighted by molar-refractivity contribution is 6.08. The molecule has 1 fully saturated rings. The number of hydrogen-bond acceptors (Lipinski definition) is 4. The number of nitrogens with zero attached hydrogens (tertiary/aromatic N) is 1. The fourth-order valence-corrected chi connectivity index (χ4v) is 2.19. The molecular weight excluding hydrogens is 296 g/mol. The first kappa shape index (κ1) is 19.7. The van der Waals surface area contributed by atoms with Gasteiger partial charge in [-0.2, -0.15) is 0 Å². The highest BCUT2D eigenvalue weighted by atomic mass is 35.5. The minimum absolute atomic E-state index is 0. The van der Waals surface area contributed by atoms with Gasteiger partial charge in [0.05, 0.1) is 0 Å². The second-order valence-corrected chi connectivity index (χ2v) is 5.23. The van der Waals surface area contributed by atoms with Crippen LogP contribution >= 0.6 is 12.4 Å². The second-order valence-electron chi connectivity index (χ2n) is 5.23. The minimum atomic E-state index is -0.858. The SMILES string of the molecule is CCC1(CC)NC(=O)N(CC(=O)NCCC(C)N)C1=O.Cl. The van der Waals surface area contributed by atoms with Crippen molar-refractivity contribution < 1.29 is 14.4 Å². The number of nitrogens with one attached hydrogen (secondary N) is 2. The van der Waals surface area contributed by atoms with Gasteiger partial charge in [-0.05, 0) is 26.2 Å². The summed E-state index contributed by atoms with van der Waals surface area (Å²) < 4.78 is 0. The Labute approximate surface area is 131 Å². The summed E-state index contributed by atoms with van der Waals surface area (Å²) >= 11 is 0. The van der Waals surface area contributed by atoms with Crippen molar-refractivity contribution in [2.24, 2.45) is 5.73 Å². The van der Waals surface area contributed by atoms with E-state index in [2.05, 4.69) is 10.6 Å². The lowest BCUT2D eigenvalue weighted by Gasteiger charge is -2.23. The molecule has 0 aliphatic carbocycles. The molecule has 1 aliphatic heterocycles. The average molecular weight is 321 g/mol. The van der Waals surface area contributed by atoms with E-state index in [0.717, 1.165) is 4.90 Å². The largest absolute Gasteiger partial charge is 0.354 e. The summed E-state index contributed by atoms with van der Waals surface area (Å²) in [5, 5.41) is 5.34. The summed E-state index contributed by atoms with van der Waals surface area (Å²) in [5.41, 5.74) is 4.72. The average Bonchev–Trinajstić information content (AvgIpc) is 2.63. The molecule has 1 rings (SSSR count). The van der Waals surface area contributed by atoms with Crippen LogP contribution in [0.15, 0.2) is 0 Å². The predicted molar refractivity (Wildman–Crippen MR) is 82.1 cm³/mol. The lowest BCUT2D eigenvalue weighted by Crippen LogP contribution is -2.46. The number of carbonyl (C=O) groups excluding carboxylic acids is 3. The van der Waals surface area contributed by atoms with Gasteiger partial charge < -0.3 is 16.4 Å². The lowest BCUT2D eigenvalue weighted by molar-refractivity contribution is -0.135. The van der Waals surface area contributed by atoms with Gasteiger partial charge in [0.1, 0.15) is 12.1 Å². The molecule has 1 heterocycles. The van der Waals surface area contributed by atoms with Gasteiger partial charge >= 0.3 is 6.03 Å². The van der Waals surface area contributed by atoms with Gasteiger partial charge in [0, 0.05) is 12.6 Å². The predicted octanol–water partition coefficient (Wildman–Crippen LogP) is 0.372. The summed E-state index contributed by atoms with van der Waals surface area (Å²) in [6.07, 6.45) is 1.67. The quantitative estimate of drug-likeness (QED) is 0.589. The maximum absolute atomic E-state index is 12.3. The van der Waals surface area contributed by atoms with Gasteiger partial charge in [0.15, 0.2) is 0 Å². The van der Waals surface area contributed by atoms with Crippen LogP contribution in [0.3, 0.4) is 0 Å². The van der Waals surface area contributed by atoms with Gasteiger partial charge in [-0.15, -0.1) is 12.4 Å². The highest BCUT2D eigenvalue weighted by Gasteiger charge is 2.49. The lowest BCUT2D eigenvalue weighted by atomic mass is 9.93. The van der Waals surface area contributed by atoms with E-state index in [1.54, 1.807) is 0 Å². The van der Waals surface area contributed by atoms with Gasteiger partial charge in [-0.25, -0.2) is 4.79 Å². The highest BCUT2D eigenvalue weighted by Crippen LogP contribution is 2.24. The van der Waals surface area contributed by atoms with E-state index in [4.69, 9.17) is 5.73 Å². The Bertz CT molecular complexity index is 397. The number of nitrogens with two attached hydrogens (primary N) is 1. The molecule has 7 nitrogen and oxygen atoms in total. The zero-order valence-corrected chi connectivity index (χ0v) is 13.6. The Balaban J connectivity index is 0.00000400. The number of halogens is 1. The van der Waals surface area contributed by atoms with E-state index in [-0.39, 0.29) is 36.8 Å². The Morgan fingerprint density at radius 3 is 2.38 bits per heavy atom. The van der Waals surface area contributed by atoms with Crippen LogP contribution in [0.2, 0.25) is 0 Å². The molecule has 1 unspecified atom stereocenters. The van der Waals surface area contributed by atoms with Crippen LogP contribution in [0, 0.1) is 0 Å². The first-order valence-corrected chi connectivity index (χ1v) is 7.02. The third kappa shape index (κ3) is 4.57. The van der Waals surface area contributed by atoms with Crippen molar-refractivity contribution in [1.82, 2.24) is 15.5 Å². The molecule has 1 atom stereocenters. The Morgan fingerprint density at radius 2 is 1.95 bits per heavy atom. The molecule has 122 valence electrons. The molecule has 0 aromatic carbocycles. The van der Waals surface area contributed by atoms with Crippen molar-refractivity contribution in [3.05, 3.63) is 0 Å². The van der Waals surface area contributed by atoms with Crippen molar-refractivity contribution in [3.8, 4) is 0 Å². The van der Waals surface area contributed by atoms with Gasteiger partial charge in [-0.1, -0.05) is 13.8 Å². The summed E-state index contributed by atoms with van der Waals surface area (Å²) in [7, 11) is 0. The molecule has 0 bridgehead atoms. The van der Waals surface area contributed by atoms with Crippen molar-refractivity contribution >= 4 is 30.3 Å². The molecule has 0 spiro atoms. The van der Waals surface area contributed by atoms with Crippen LogP contribution in [0.5, 0.6) is 0 Å². The van der Waals surface area contributed by atoms with E-state index in [0.29, 0.717) is 25.8 Å². The number of imide groups is 1. The molecule has 4 amide bonds. The van der Waals surface area contributed by atoms with E-state index in [9.17, 15) is 14.4 Å². The zero-order chi connectivity index (χ0) is 15.3. The molecule has 0 aromatic heterocycles. The summed E-state index contributed by atoms with van der Waals surface area (Å²) in [4.78, 5) is 36.8. The maximum Gasteiger partial charge on any atom is 0.325 e. The van der Waals surface area contributed by atoms with E-state index in [1.807, 2.05) is 20.8 Å². The van der Waals surface area contributed by atoms with E-state index < -0.39 is 11.6 Å². The van der Waals surface area contributed by atoms with Crippen molar-refractivity contribution in [2.45, 2.75) is 51.6 Å². The smallest absolute Gasteiger partial charge is 0.325 e. The standard InChI is InChI=1S/C13H24N4O3.ClH/c1-4-13(5-2)11(19)17(12(20)16-13)8-10(18)15-7-6-9(3)14;/h9H,4-8,14H2,1-3H3,(H,15,18)(H,16,20);1H. The van der Waals surface area contributed by atoms with Crippen molar-refractivity contribution in [2.75, 3.05) is 13.1 Å². The molecular formula is C13H25ClN4O3. The van der Waals surface area contributed by atoms with Gasteiger partial charge in [0.25, 0.3) is 5.91 Å². The first-order chi connectivity index (χ1) is 9.36. The molecule has 1 saturated heterocycles. The summed E-state index contributed by atoms with van der Waals surface area (Å²) in [5.74, 6) is -0.674. The number of amides is 4. The molecule has 8 heteroatoms. The summed E-state index contributed by atoms with van der Waals surface area (Å²) in [6, 6.07) is -0.499. The van der Waals surface area contributed by atoms with Crippen LogP contribution in [-0.2, 0) is 9.59 Å². The fraction of sp³-hybridized carbons (Fsp3) is 0.769. The Hall–Kier alpha value is -1.34. The van der Waals surface area contributed by atoms with Crippen molar-refractivity contribution in [1.29, 1.82) is 0 Å². The summed E-state index contributed by atoms with van der Waals surface area (Å²) in [6.45, 7) is 5.72. The third-order valence-corrected chi connectivity index (χ3v) is 3.68. The van der Waals surface area contributed by atoms with Crippen molar-refractivity contribution in [3.63, 3.8) is 0 Å². The number of urea groups is 1. The third-order valence-electron chi connectivity index (χ3n) is 3.68. The maximum atomic E-state index is 12.3. The van der Waals surface area contributed by atoms with Gasteiger partial charge in [0.2, 0.25) is 5.91 Å². The topological polar surface area (TPSA) is 105 Å². The normalized spacial score (nSPS) is 18.0. The van der Waals surface area contributed by atoms with E-state index >= 15 is 0 Å². The van der Waals surface area contributed by atoms with E-state index in [1.165, 1.54) is 0 Å². The number of hydrogen-bond donors (Lipinski definition) is 3. The van der Waals surface area contributed by atoms with Crippen LogP contribution in [0.1, 0.15) is 40.0 Å². The zero-order valence-electron chi connectivity index (χ0n) is 12.8. The molecule has 21 heavy (non-hydrogen) atoms. The molecule has 0 aromatic rings.